The van der Waals surface area contributed by atoms with E-state index in [-0.39, 0.29) is 24.4 Å². The second-order valence-electron chi connectivity index (χ2n) is 7.40. The van der Waals surface area contributed by atoms with Crippen LogP contribution in [-0.4, -0.2) is 21.6 Å². The first-order valence-electron chi connectivity index (χ1n) is 9.51. The summed E-state index contributed by atoms with van der Waals surface area (Å²) in [7, 11) is 0. The molecule has 2 atom stereocenters. The Morgan fingerprint density at radius 3 is 2.74 bits per heavy atom. The monoisotopic (exact) mass is 366 g/mol. The number of para-hydroxylation sites is 2. The van der Waals surface area contributed by atoms with Crippen LogP contribution in [0.25, 0.3) is 22.4 Å². The molecule has 2 aromatic carbocycles. The Bertz CT molecular complexity index is 949. The van der Waals surface area contributed by atoms with Crippen LogP contribution >= 0.6 is 0 Å². The van der Waals surface area contributed by atoms with Gasteiger partial charge in [-0.25, -0.2) is 9.37 Å². The maximum atomic E-state index is 13.3. The fourth-order valence-corrected chi connectivity index (χ4v) is 3.89. The molecule has 1 saturated carbocycles. The molecule has 0 radical (unpaired) electrons. The van der Waals surface area contributed by atoms with Crippen LogP contribution in [0.5, 0.6) is 0 Å². The molecule has 2 unspecified atom stereocenters. The molecule has 0 N–H and O–H groups in total. The van der Waals surface area contributed by atoms with E-state index in [1.54, 1.807) is 12.1 Å². The van der Waals surface area contributed by atoms with E-state index in [9.17, 15) is 9.18 Å². The van der Waals surface area contributed by atoms with E-state index < -0.39 is 0 Å². The first kappa shape index (κ1) is 17.7. The molecule has 1 aliphatic carbocycles. The number of halogens is 1. The van der Waals surface area contributed by atoms with Crippen LogP contribution in [0.3, 0.4) is 0 Å². The van der Waals surface area contributed by atoms with Gasteiger partial charge in [0.1, 0.15) is 24.3 Å². The molecule has 4 rings (SSSR count). The van der Waals surface area contributed by atoms with Crippen LogP contribution in [-0.2, 0) is 16.1 Å². The highest BCUT2D eigenvalue weighted by Gasteiger charge is 2.23. The number of imidazole rings is 1. The summed E-state index contributed by atoms with van der Waals surface area (Å²) in [6.45, 7) is 2.30. The number of carbonyl (C=O) groups is 1. The fraction of sp³-hybridized carbons (Fsp3) is 0.364. The number of aromatic nitrogens is 2. The molecule has 3 aromatic rings. The van der Waals surface area contributed by atoms with E-state index in [0.717, 1.165) is 35.9 Å². The van der Waals surface area contributed by atoms with Gasteiger partial charge in [0.2, 0.25) is 0 Å². The molecule has 5 heteroatoms. The van der Waals surface area contributed by atoms with Gasteiger partial charge in [0.05, 0.1) is 11.0 Å². The minimum Gasteiger partial charge on any atom is -0.461 e. The van der Waals surface area contributed by atoms with E-state index in [1.165, 1.54) is 18.6 Å². The number of ether oxygens (including phenoxy) is 1. The lowest BCUT2D eigenvalue weighted by atomic mass is 9.89. The third-order valence-electron chi connectivity index (χ3n) is 5.23. The Kier molecular flexibility index (Phi) is 4.92. The van der Waals surface area contributed by atoms with E-state index in [4.69, 9.17) is 4.74 Å². The molecule has 0 spiro atoms. The van der Waals surface area contributed by atoms with Crippen LogP contribution in [0.1, 0.15) is 32.6 Å². The van der Waals surface area contributed by atoms with Crippen molar-refractivity contribution in [1.29, 1.82) is 0 Å². The fourth-order valence-electron chi connectivity index (χ4n) is 3.89. The first-order valence-corrected chi connectivity index (χ1v) is 9.51. The summed E-state index contributed by atoms with van der Waals surface area (Å²) in [5, 5.41) is 0. The Morgan fingerprint density at radius 2 is 1.96 bits per heavy atom. The van der Waals surface area contributed by atoms with E-state index in [1.807, 2.05) is 28.8 Å². The van der Waals surface area contributed by atoms with Gasteiger partial charge >= 0.3 is 5.97 Å². The molecular weight excluding hydrogens is 343 g/mol. The summed E-state index contributed by atoms with van der Waals surface area (Å²) < 4.78 is 20.9. The summed E-state index contributed by atoms with van der Waals surface area (Å²) in [4.78, 5) is 17.3. The largest absolute Gasteiger partial charge is 0.461 e. The van der Waals surface area contributed by atoms with Crippen LogP contribution in [0.15, 0.2) is 48.5 Å². The zero-order valence-electron chi connectivity index (χ0n) is 15.4. The number of fused-ring (bicyclic) bond motifs is 1. The van der Waals surface area contributed by atoms with Crippen LogP contribution in [0.4, 0.5) is 4.39 Å². The van der Waals surface area contributed by atoms with Crippen molar-refractivity contribution in [2.24, 2.45) is 5.92 Å². The van der Waals surface area contributed by atoms with Crippen molar-refractivity contribution in [3.05, 3.63) is 54.3 Å². The Balaban J connectivity index is 1.62. The highest BCUT2D eigenvalue weighted by atomic mass is 19.1. The number of rotatable bonds is 4. The maximum Gasteiger partial charge on any atom is 0.326 e. The quantitative estimate of drug-likeness (QED) is 0.613. The topological polar surface area (TPSA) is 44.1 Å². The molecule has 1 aliphatic rings. The Hall–Kier alpha value is -2.69. The molecule has 1 heterocycles. The SMILES string of the molecule is CC1CCCC(OC(=O)Cn2c(-c3ccc(F)cc3)nc3ccccc32)C1. The summed E-state index contributed by atoms with van der Waals surface area (Å²) in [6.07, 6.45) is 4.18. The van der Waals surface area contributed by atoms with E-state index in [2.05, 4.69) is 11.9 Å². The zero-order chi connectivity index (χ0) is 18.8. The molecule has 0 saturated heterocycles. The summed E-state index contributed by atoms with van der Waals surface area (Å²) in [6, 6.07) is 13.8. The van der Waals surface area contributed by atoms with Gasteiger partial charge in [0.15, 0.2) is 0 Å². The molecule has 1 aromatic heterocycles. The number of nitrogens with zero attached hydrogens (tertiary/aromatic N) is 2. The second-order valence-corrected chi connectivity index (χ2v) is 7.40. The normalized spacial score (nSPS) is 19.9. The number of hydrogen-bond donors (Lipinski definition) is 0. The lowest BCUT2D eigenvalue weighted by molar-refractivity contribution is -0.151. The standard InChI is InChI=1S/C22H23FN2O2/c1-15-5-4-6-18(13-15)27-21(26)14-25-20-8-3-2-7-19(20)24-22(25)16-9-11-17(23)12-10-16/h2-3,7-12,15,18H,4-6,13-14H2,1H3. The van der Waals surface area contributed by atoms with Gasteiger partial charge in [0.25, 0.3) is 0 Å². The smallest absolute Gasteiger partial charge is 0.326 e. The zero-order valence-corrected chi connectivity index (χ0v) is 15.4. The predicted octanol–water partition coefficient (Wildman–Crippen LogP) is 4.96. The summed E-state index contributed by atoms with van der Waals surface area (Å²) >= 11 is 0. The highest BCUT2D eigenvalue weighted by molar-refractivity contribution is 5.83. The van der Waals surface area contributed by atoms with E-state index in [0.29, 0.717) is 11.7 Å². The van der Waals surface area contributed by atoms with Crippen molar-refractivity contribution in [2.45, 2.75) is 45.3 Å². The van der Waals surface area contributed by atoms with Crippen LogP contribution in [0, 0.1) is 11.7 Å². The molecule has 0 aliphatic heterocycles. The molecule has 140 valence electrons. The molecule has 0 bridgehead atoms. The third-order valence-corrected chi connectivity index (χ3v) is 5.23. The summed E-state index contributed by atoms with van der Waals surface area (Å²) in [5.41, 5.74) is 2.44. The lowest BCUT2D eigenvalue weighted by Gasteiger charge is -2.26. The molecule has 1 fully saturated rings. The van der Waals surface area contributed by atoms with Crippen molar-refractivity contribution in [2.75, 3.05) is 0 Å². The Labute approximate surface area is 158 Å². The predicted molar refractivity (Wildman–Crippen MR) is 103 cm³/mol. The Morgan fingerprint density at radius 1 is 1.19 bits per heavy atom. The average Bonchev–Trinajstić information content (AvgIpc) is 3.01. The second kappa shape index (κ2) is 7.51. The van der Waals surface area contributed by atoms with E-state index >= 15 is 0 Å². The van der Waals surface area contributed by atoms with Crippen LogP contribution in [0.2, 0.25) is 0 Å². The highest BCUT2D eigenvalue weighted by Crippen LogP contribution is 2.27. The summed E-state index contributed by atoms with van der Waals surface area (Å²) in [5.74, 6) is 0.693. The van der Waals surface area contributed by atoms with Crippen LogP contribution < -0.4 is 0 Å². The minimum atomic E-state index is -0.299. The number of esters is 1. The third kappa shape index (κ3) is 3.87. The van der Waals surface area contributed by atoms with Gasteiger partial charge in [-0.1, -0.05) is 25.5 Å². The van der Waals surface area contributed by atoms with Crippen molar-refractivity contribution in [3.8, 4) is 11.4 Å². The van der Waals surface area contributed by atoms with Gasteiger partial charge in [-0.3, -0.25) is 4.79 Å². The average molecular weight is 366 g/mol. The molecular formula is C22H23FN2O2. The first-order chi connectivity index (χ1) is 13.1. The molecule has 4 nitrogen and oxygen atoms in total. The number of carbonyl (C=O) groups excluding carboxylic acids is 1. The number of benzene rings is 2. The minimum absolute atomic E-state index is 0.00491. The van der Waals surface area contributed by atoms with Gasteiger partial charge in [-0.15, -0.1) is 0 Å². The van der Waals surface area contributed by atoms with Crippen molar-refractivity contribution in [3.63, 3.8) is 0 Å². The van der Waals surface area contributed by atoms with Gasteiger partial charge in [-0.05, 0) is 61.6 Å². The molecule has 0 amide bonds. The maximum absolute atomic E-state index is 13.3. The van der Waals surface area contributed by atoms with Crippen molar-refractivity contribution in [1.82, 2.24) is 9.55 Å². The number of hydrogen-bond acceptors (Lipinski definition) is 3. The van der Waals surface area contributed by atoms with Crippen molar-refractivity contribution >= 4 is 17.0 Å². The van der Waals surface area contributed by atoms with Gasteiger partial charge < -0.3 is 9.30 Å². The van der Waals surface area contributed by atoms with Gasteiger partial charge in [0, 0.05) is 5.56 Å². The van der Waals surface area contributed by atoms with Gasteiger partial charge in [-0.2, -0.15) is 0 Å². The lowest BCUT2D eigenvalue weighted by Crippen LogP contribution is -2.26. The molecule has 27 heavy (non-hydrogen) atoms. The van der Waals surface area contributed by atoms with Crippen molar-refractivity contribution < 1.29 is 13.9 Å².